The number of amides is 2. The van der Waals surface area contributed by atoms with Gasteiger partial charge in [-0.15, -0.1) is 0 Å². The van der Waals surface area contributed by atoms with Gasteiger partial charge in [0.15, 0.2) is 0 Å². The number of hydrogen-bond donors (Lipinski definition) is 3. The van der Waals surface area contributed by atoms with Gasteiger partial charge in [0.2, 0.25) is 11.8 Å². The van der Waals surface area contributed by atoms with Crippen molar-refractivity contribution in [2.75, 3.05) is 5.32 Å². The number of carbonyl (C=O) groups excluding carboxylic acids is 2. The predicted molar refractivity (Wildman–Crippen MR) is 75.6 cm³/mol. The summed E-state index contributed by atoms with van der Waals surface area (Å²) in [5.41, 5.74) is 7.23. The van der Waals surface area contributed by atoms with E-state index >= 15 is 0 Å². The van der Waals surface area contributed by atoms with E-state index in [1.54, 1.807) is 13.0 Å². The molecule has 1 aromatic carbocycles. The molecule has 0 heterocycles. The molecule has 5 nitrogen and oxygen atoms in total. The van der Waals surface area contributed by atoms with Gasteiger partial charge in [0.1, 0.15) is 0 Å². The minimum Gasteiger partial charge on any atom is -0.350 e. The number of rotatable bonds is 5. The lowest BCUT2D eigenvalue weighted by Crippen LogP contribution is -2.31. The van der Waals surface area contributed by atoms with Crippen LogP contribution < -0.4 is 16.4 Å². The summed E-state index contributed by atoms with van der Waals surface area (Å²) in [6.45, 7) is 5.15. The molecule has 0 aliphatic rings. The molecule has 0 fully saturated rings. The zero-order chi connectivity index (χ0) is 14.4. The van der Waals surface area contributed by atoms with Crippen LogP contribution in [0.25, 0.3) is 0 Å². The number of anilines is 1. The second-order valence-electron chi connectivity index (χ2n) is 4.78. The highest BCUT2D eigenvalue weighted by molar-refractivity contribution is 5.88. The summed E-state index contributed by atoms with van der Waals surface area (Å²) >= 11 is 0. The summed E-state index contributed by atoms with van der Waals surface area (Å²) in [6, 6.07) is 7.12. The molecule has 4 N–H and O–H groups in total. The van der Waals surface area contributed by atoms with E-state index in [9.17, 15) is 9.59 Å². The predicted octanol–water partition coefficient (Wildman–Crippen LogP) is 1.56. The fraction of sp³-hybridized carbons (Fsp3) is 0.429. The van der Waals surface area contributed by atoms with Gasteiger partial charge in [-0.05, 0) is 31.5 Å². The Kier molecular flexibility index (Phi) is 5.51. The SMILES string of the molecule is CC(=O)Nc1cccc(C(C)NC(=O)CC(C)N)c1. The lowest BCUT2D eigenvalue weighted by Gasteiger charge is -2.16. The van der Waals surface area contributed by atoms with Crippen LogP contribution in [0.3, 0.4) is 0 Å². The molecule has 104 valence electrons. The number of carbonyl (C=O) groups is 2. The van der Waals surface area contributed by atoms with Gasteiger partial charge in [-0.25, -0.2) is 0 Å². The van der Waals surface area contributed by atoms with E-state index < -0.39 is 0 Å². The number of nitrogens with one attached hydrogen (secondary N) is 2. The minimum atomic E-state index is -0.155. The Balaban J connectivity index is 2.68. The zero-order valence-corrected chi connectivity index (χ0v) is 11.6. The Labute approximate surface area is 113 Å². The summed E-state index contributed by atoms with van der Waals surface area (Å²) < 4.78 is 0. The van der Waals surface area contributed by atoms with Crippen LogP contribution >= 0.6 is 0 Å². The van der Waals surface area contributed by atoms with Gasteiger partial charge in [0.05, 0.1) is 6.04 Å². The monoisotopic (exact) mass is 263 g/mol. The lowest BCUT2D eigenvalue weighted by atomic mass is 10.1. The molecule has 2 amide bonds. The van der Waals surface area contributed by atoms with Crippen LogP contribution in [-0.4, -0.2) is 17.9 Å². The lowest BCUT2D eigenvalue weighted by molar-refractivity contribution is -0.122. The van der Waals surface area contributed by atoms with Crippen molar-refractivity contribution in [2.24, 2.45) is 5.73 Å². The molecule has 0 aliphatic carbocycles. The second kappa shape index (κ2) is 6.89. The standard InChI is InChI=1S/C14H21N3O2/c1-9(15)7-14(19)16-10(2)12-5-4-6-13(8-12)17-11(3)18/h4-6,8-10H,7,15H2,1-3H3,(H,16,19)(H,17,18). The first-order chi connectivity index (χ1) is 8.88. The maximum absolute atomic E-state index is 11.6. The fourth-order valence-electron chi connectivity index (χ4n) is 1.77. The van der Waals surface area contributed by atoms with Crippen LogP contribution in [0.15, 0.2) is 24.3 Å². The molecule has 0 aromatic heterocycles. The van der Waals surface area contributed by atoms with Gasteiger partial charge in [0.25, 0.3) is 0 Å². The Morgan fingerprint density at radius 1 is 1.32 bits per heavy atom. The highest BCUT2D eigenvalue weighted by atomic mass is 16.2. The quantitative estimate of drug-likeness (QED) is 0.753. The van der Waals surface area contributed by atoms with Crippen LogP contribution in [0.1, 0.15) is 38.8 Å². The minimum absolute atomic E-state index is 0.0765. The van der Waals surface area contributed by atoms with Crippen molar-refractivity contribution in [3.63, 3.8) is 0 Å². The average Bonchev–Trinajstić information content (AvgIpc) is 2.27. The molecule has 19 heavy (non-hydrogen) atoms. The van der Waals surface area contributed by atoms with Crippen LogP contribution in [0.4, 0.5) is 5.69 Å². The molecule has 0 aliphatic heterocycles. The Hall–Kier alpha value is -1.88. The van der Waals surface area contributed by atoms with Gasteiger partial charge >= 0.3 is 0 Å². The van der Waals surface area contributed by atoms with Crippen molar-refractivity contribution in [3.8, 4) is 0 Å². The van der Waals surface area contributed by atoms with E-state index in [1.807, 2.05) is 25.1 Å². The van der Waals surface area contributed by atoms with Gasteiger partial charge in [-0.1, -0.05) is 12.1 Å². The summed E-state index contributed by atoms with van der Waals surface area (Å²) in [4.78, 5) is 22.6. The van der Waals surface area contributed by atoms with Crippen LogP contribution in [0.5, 0.6) is 0 Å². The first kappa shape index (κ1) is 15.2. The summed E-state index contributed by atoms with van der Waals surface area (Å²) in [5.74, 6) is -0.196. The van der Waals surface area contributed by atoms with Crippen LogP contribution in [-0.2, 0) is 9.59 Å². The topological polar surface area (TPSA) is 84.2 Å². The van der Waals surface area contributed by atoms with Crippen molar-refractivity contribution in [1.29, 1.82) is 0 Å². The molecule has 0 radical (unpaired) electrons. The fourth-order valence-corrected chi connectivity index (χ4v) is 1.77. The summed E-state index contributed by atoms with van der Waals surface area (Å²) in [5, 5.41) is 5.59. The van der Waals surface area contributed by atoms with E-state index in [0.717, 1.165) is 11.3 Å². The van der Waals surface area contributed by atoms with Gasteiger partial charge < -0.3 is 16.4 Å². The van der Waals surface area contributed by atoms with Crippen molar-refractivity contribution in [3.05, 3.63) is 29.8 Å². The maximum Gasteiger partial charge on any atom is 0.222 e. The number of hydrogen-bond acceptors (Lipinski definition) is 3. The van der Waals surface area contributed by atoms with E-state index in [0.29, 0.717) is 6.42 Å². The van der Waals surface area contributed by atoms with Gasteiger partial charge in [0, 0.05) is 25.1 Å². The van der Waals surface area contributed by atoms with Gasteiger partial charge in [-0.3, -0.25) is 9.59 Å². The average molecular weight is 263 g/mol. The molecule has 2 atom stereocenters. The highest BCUT2D eigenvalue weighted by Gasteiger charge is 2.11. The number of benzene rings is 1. The third-order valence-corrected chi connectivity index (χ3v) is 2.59. The molecule has 5 heteroatoms. The van der Waals surface area contributed by atoms with E-state index in [2.05, 4.69) is 10.6 Å². The Morgan fingerprint density at radius 2 is 2.00 bits per heavy atom. The van der Waals surface area contributed by atoms with E-state index in [-0.39, 0.29) is 23.9 Å². The molecule has 2 unspecified atom stereocenters. The maximum atomic E-state index is 11.6. The van der Waals surface area contributed by atoms with Gasteiger partial charge in [-0.2, -0.15) is 0 Å². The smallest absolute Gasteiger partial charge is 0.222 e. The zero-order valence-electron chi connectivity index (χ0n) is 11.6. The first-order valence-corrected chi connectivity index (χ1v) is 6.31. The molecule has 0 saturated carbocycles. The van der Waals surface area contributed by atoms with Crippen molar-refractivity contribution >= 4 is 17.5 Å². The molecular weight excluding hydrogens is 242 g/mol. The Bertz CT molecular complexity index is 458. The molecule has 1 aromatic rings. The van der Waals surface area contributed by atoms with Crippen molar-refractivity contribution in [1.82, 2.24) is 5.32 Å². The Morgan fingerprint density at radius 3 is 2.58 bits per heavy atom. The van der Waals surface area contributed by atoms with Crippen molar-refractivity contribution < 1.29 is 9.59 Å². The normalized spacial score (nSPS) is 13.5. The van der Waals surface area contributed by atoms with Crippen LogP contribution in [0.2, 0.25) is 0 Å². The third kappa shape index (κ3) is 5.52. The summed E-state index contributed by atoms with van der Waals surface area (Å²) in [6.07, 6.45) is 0.301. The highest BCUT2D eigenvalue weighted by Crippen LogP contribution is 2.17. The van der Waals surface area contributed by atoms with Crippen LogP contribution in [0, 0.1) is 0 Å². The third-order valence-electron chi connectivity index (χ3n) is 2.59. The van der Waals surface area contributed by atoms with E-state index in [1.165, 1.54) is 6.92 Å². The molecule has 0 saturated heterocycles. The molecule has 0 spiro atoms. The number of nitrogens with two attached hydrogens (primary N) is 1. The first-order valence-electron chi connectivity index (χ1n) is 6.31. The van der Waals surface area contributed by atoms with Crippen molar-refractivity contribution in [2.45, 2.75) is 39.3 Å². The molecule has 1 rings (SSSR count). The summed E-state index contributed by atoms with van der Waals surface area (Å²) in [7, 11) is 0. The molecule has 0 bridgehead atoms. The second-order valence-corrected chi connectivity index (χ2v) is 4.78. The van der Waals surface area contributed by atoms with E-state index in [4.69, 9.17) is 5.73 Å². The molecular formula is C14H21N3O2. The largest absolute Gasteiger partial charge is 0.350 e.